The summed E-state index contributed by atoms with van der Waals surface area (Å²) < 4.78 is 0. The second-order valence-corrected chi connectivity index (χ2v) is 9.42. The Balaban J connectivity index is 1.54. The van der Waals surface area contributed by atoms with Crippen LogP contribution in [0, 0.1) is 58.2 Å². The molecule has 0 radical (unpaired) electrons. The fourth-order valence-corrected chi connectivity index (χ4v) is 7.69. The van der Waals surface area contributed by atoms with Gasteiger partial charge in [-0.2, -0.15) is 5.26 Å². The molecule has 4 saturated carbocycles. The minimum absolute atomic E-state index is 0.127. The highest BCUT2D eigenvalue weighted by atomic mass is 16.3. The molecule has 5 aliphatic rings. The summed E-state index contributed by atoms with van der Waals surface area (Å²) in [6, 6.07) is 2.67. The van der Waals surface area contributed by atoms with Crippen molar-refractivity contribution in [1.82, 2.24) is 0 Å². The van der Waals surface area contributed by atoms with Gasteiger partial charge < -0.3 is 5.11 Å². The lowest BCUT2D eigenvalue weighted by atomic mass is 9.49. The number of aliphatic hydroxyl groups is 1. The van der Waals surface area contributed by atoms with Crippen LogP contribution in [0.3, 0.4) is 0 Å². The first-order chi connectivity index (χ1) is 11.6. The molecule has 0 heterocycles. The zero-order valence-electron chi connectivity index (χ0n) is 14.5. The van der Waals surface area contributed by atoms with Crippen molar-refractivity contribution >= 4 is 5.78 Å². The van der Waals surface area contributed by atoms with E-state index in [-0.39, 0.29) is 17.9 Å². The van der Waals surface area contributed by atoms with Gasteiger partial charge >= 0.3 is 0 Å². The minimum atomic E-state index is 0.127. The molecule has 0 spiro atoms. The number of nitrogens with zero attached hydrogens (tertiary/aromatic N) is 1. The molecule has 0 aromatic heterocycles. The van der Waals surface area contributed by atoms with Gasteiger partial charge in [0.15, 0.2) is 0 Å². The van der Waals surface area contributed by atoms with Crippen LogP contribution in [0.4, 0.5) is 0 Å². The molecule has 0 amide bonds. The highest BCUT2D eigenvalue weighted by Gasteiger charge is 2.69. The SMILES string of the molecule is C[C@]12CC[C@H]3[C@@H](CC(CO)=C4CC(=O)CC[C@@H]43)[C@@H]1[C@@H]1C[C@@H]1[C@@H]2C#N. The number of hydrogen-bond donors (Lipinski definition) is 1. The third kappa shape index (κ3) is 1.79. The van der Waals surface area contributed by atoms with Crippen molar-refractivity contribution in [3.8, 4) is 6.07 Å². The fourth-order valence-electron chi connectivity index (χ4n) is 7.69. The lowest BCUT2D eigenvalue weighted by Crippen LogP contribution is -2.48. The smallest absolute Gasteiger partial charge is 0.136 e. The summed E-state index contributed by atoms with van der Waals surface area (Å²) in [5, 5.41) is 19.7. The van der Waals surface area contributed by atoms with Gasteiger partial charge in [0.05, 0.1) is 18.6 Å². The molecule has 0 aliphatic heterocycles. The summed E-state index contributed by atoms with van der Waals surface area (Å²) in [4.78, 5) is 12.0. The van der Waals surface area contributed by atoms with E-state index >= 15 is 0 Å². The first-order valence-electron chi connectivity index (χ1n) is 9.81. The van der Waals surface area contributed by atoms with Gasteiger partial charge in [-0.05, 0) is 78.6 Å². The Morgan fingerprint density at radius 2 is 2.08 bits per heavy atom. The molecule has 8 atom stereocenters. The van der Waals surface area contributed by atoms with Gasteiger partial charge in [-0.1, -0.05) is 12.5 Å². The molecular weight excluding hydrogens is 298 g/mol. The monoisotopic (exact) mass is 325 g/mol. The Bertz CT molecular complexity index is 674. The van der Waals surface area contributed by atoms with Crippen molar-refractivity contribution < 1.29 is 9.90 Å². The van der Waals surface area contributed by atoms with E-state index in [0.29, 0.717) is 41.8 Å². The third-order valence-electron chi connectivity index (χ3n) is 8.63. The minimum Gasteiger partial charge on any atom is -0.392 e. The number of fused-ring (bicyclic) bond motifs is 7. The molecule has 0 unspecified atom stereocenters. The van der Waals surface area contributed by atoms with E-state index in [4.69, 9.17) is 0 Å². The van der Waals surface area contributed by atoms with Crippen molar-refractivity contribution in [2.75, 3.05) is 6.61 Å². The topological polar surface area (TPSA) is 61.1 Å². The van der Waals surface area contributed by atoms with Crippen LogP contribution in [-0.2, 0) is 4.79 Å². The zero-order chi connectivity index (χ0) is 16.6. The van der Waals surface area contributed by atoms with Gasteiger partial charge in [0.2, 0.25) is 0 Å². The lowest BCUT2D eigenvalue weighted by molar-refractivity contribution is -0.120. The maximum absolute atomic E-state index is 12.0. The van der Waals surface area contributed by atoms with Crippen LogP contribution >= 0.6 is 0 Å². The quantitative estimate of drug-likeness (QED) is 0.751. The zero-order valence-corrected chi connectivity index (χ0v) is 14.5. The van der Waals surface area contributed by atoms with Gasteiger partial charge in [0, 0.05) is 12.8 Å². The second kappa shape index (κ2) is 4.94. The van der Waals surface area contributed by atoms with Crippen molar-refractivity contribution in [2.24, 2.45) is 46.8 Å². The first-order valence-corrected chi connectivity index (χ1v) is 9.81. The Hall–Kier alpha value is -1.14. The van der Waals surface area contributed by atoms with Gasteiger partial charge in [0.25, 0.3) is 0 Å². The van der Waals surface area contributed by atoms with E-state index in [0.717, 1.165) is 25.2 Å². The Morgan fingerprint density at radius 1 is 1.25 bits per heavy atom. The van der Waals surface area contributed by atoms with Crippen LogP contribution in [0.5, 0.6) is 0 Å². The van der Waals surface area contributed by atoms with Crippen molar-refractivity contribution in [1.29, 1.82) is 5.26 Å². The number of ketones is 1. The Kier molecular flexibility index (Phi) is 3.12. The van der Waals surface area contributed by atoms with Crippen LogP contribution in [0.25, 0.3) is 0 Å². The van der Waals surface area contributed by atoms with Crippen LogP contribution in [-0.4, -0.2) is 17.5 Å². The highest BCUT2D eigenvalue weighted by molar-refractivity contribution is 5.82. The average Bonchev–Trinajstić information content (AvgIpc) is 3.28. The second-order valence-electron chi connectivity index (χ2n) is 9.42. The van der Waals surface area contributed by atoms with Gasteiger partial charge in [-0.25, -0.2) is 0 Å². The summed E-state index contributed by atoms with van der Waals surface area (Å²) in [6.45, 7) is 2.51. The van der Waals surface area contributed by atoms with Crippen molar-refractivity contribution in [3.63, 3.8) is 0 Å². The van der Waals surface area contributed by atoms with Gasteiger partial charge in [0.1, 0.15) is 5.78 Å². The van der Waals surface area contributed by atoms with E-state index in [9.17, 15) is 15.2 Å². The molecule has 4 fully saturated rings. The first kappa shape index (κ1) is 15.1. The summed E-state index contributed by atoms with van der Waals surface area (Å²) in [7, 11) is 0. The molecule has 3 heteroatoms. The number of rotatable bonds is 1. The van der Waals surface area contributed by atoms with E-state index in [2.05, 4.69) is 13.0 Å². The summed E-state index contributed by atoms with van der Waals surface area (Å²) >= 11 is 0. The van der Waals surface area contributed by atoms with Crippen LogP contribution in [0.2, 0.25) is 0 Å². The van der Waals surface area contributed by atoms with Crippen LogP contribution in [0.1, 0.15) is 51.9 Å². The predicted molar refractivity (Wildman–Crippen MR) is 89.6 cm³/mol. The molecule has 5 aliphatic carbocycles. The number of aliphatic hydroxyl groups excluding tert-OH is 1. The summed E-state index contributed by atoms with van der Waals surface area (Å²) in [5.41, 5.74) is 2.68. The third-order valence-corrected chi connectivity index (χ3v) is 8.63. The molecule has 5 rings (SSSR count). The highest BCUT2D eigenvalue weighted by Crippen LogP contribution is 2.74. The van der Waals surface area contributed by atoms with Crippen molar-refractivity contribution in [3.05, 3.63) is 11.1 Å². The molecule has 3 nitrogen and oxygen atoms in total. The fraction of sp³-hybridized carbons (Fsp3) is 0.810. The molecule has 1 N–H and O–H groups in total. The van der Waals surface area contributed by atoms with Crippen LogP contribution < -0.4 is 0 Å². The molecular formula is C21H27NO2. The van der Waals surface area contributed by atoms with E-state index in [1.165, 1.54) is 30.4 Å². The van der Waals surface area contributed by atoms with E-state index in [1.54, 1.807) is 0 Å². The molecule has 128 valence electrons. The molecule has 0 bridgehead atoms. The van der Waals surface area contributed by atoms with Crippen molar-refractivity contribution in [2.45, 2.75) is 51.9 Å². The maximum atomic E-state index is 12.0. The Morgan fingerprint density at radius 3 is 2.83 bits per heavy atom. The number of Topliss-reactive ketones (excluding diaryl/α,β-unsaturated/α-hetero) is 1. The normalized spacial score (nSPS) is 52.0. The Labute approximate surface area is 144 Å². The number of carbonyl (C=O) groups is 1. The summed E-state index contributed by atoms with van der Waals surface area (Å²) in [6.07, 6.45) is 6.98. The number of allylic oxidation sites excluding steroid dienone is 1. The molecule has 24 heavy (non-hydrogen) atoms. The van der Waals surface area contributed by atoms with E-state index < -0.39 is 0 Å². The van der Waals surface area contributed by atoms with Gasteiger partial charge in [-0.3, -0.25) is 4.79 Å². The summed E-state index contributed by atoms with van der Waals surface area (Å²) in [5.74, 6) is 4.57. The lowest BCUT2D eigenvalue weighted by Gasteiger charge is -2.54. The number of hydrogen-bond acceptors (Lipinski definition) is 3. The maximum Gasteiger partial charge on any atom is 0.136 e. The molecule has 0 aromatic carbocycles. The predicted octanol–water partition coefficient (Wildman–Crippen LogP) is 3.49. The molecule has 0 saturated heterocycles. The average molecular weight is 325 g/mol. The number of carbonyl (C=O) groups excluding carboxylic acids is 1. The van der Waals surface area contributed by atoms with Crippen LogP contribution in [0.15, 0.2) is 11.1 Å². The standard InChI is InChI=1S/C21H27NO2/c1-21-5-4-14-13-3-2-12(24)7-15(13)11(10-23)6-17(14)20(21)18-8-16(18)19(21)9-22/h13-14,16-20,23H,2-8,10H2,1H3/t13-,14-,16+,17-,18-,19+,20-,21-/m1/s1. The largest absolute Gasteiger partial charge is 0.392 e. The molecule has 0 aromatic rings. The van der Waals surface area contributed by atoms with Gasteiger partial charge in [-0.15, -0.1) is 0 Å². The number of nitriles is 1. The van der Waals surface area contributed by atoms with E-state index in [1.807, 2.05) is 0 Å².